The predicted octanol–water partition coefficient (Wildman–Crippen LogP) is 4.66. The monoisotopic (exact) mass is 170 g/mol. The largest absolute Gasteiger partial charge is 0.0820 e. The van der Waals surface area contributed by atoms with Crippen molar-refractivity contribution >= 4 is 0 Å². The topological polar surface area (TPSA) is 0 Å². The Morgan fingerprint density at radius 3 is 1.25 bits per heavy atom. The molecule has 0 amide bonds. The van der Waals surface area contributed by atoms with E-state index < -0.39 is 0 Å². The fraction of sp³-hybridized carbons (Fsp3) is 0.833. The molecule has 0 heteroatoms. The summed E-state index contributed by atoms with van der Waals surface area (Å²) in [6.07, 6.45) is 9.06. The number of allylic oxidation sites excluding steroid dienone is 2. The maximum atomic E-state index is 2.41. The highest BCUT2D eigenvalue weighted by Gasteiger charge is 2.44. The summed E-state index contributed by atoms with van der Waals surface area (Å²) in [4.78, 5) is 0. The average molecular weight is 170 g/mol. The van der Waals surface area contributed by atoms with Crippen LogP contribution in [0.15, 0.2) is 12.2 Å². The first-order chi connectivity index (χ1) is 4.12. The van der Waals surface area contributed by atoms with Gasteiger partial charge in [0.1, 0.15) is 0 Å². The molecule has 2 rings (SSSR count). The standard InChI is InChI=1S/C9H14.3CH4/c1-8-3-5-9(2,7-8)6-4-8;;;/h3,5H,4,6-7H2,1-2H3;3*1H4. The van der Waals surface area contributed by atoms with Crippen LogP contribution in [0.2, 0.25) is 0 Å². The molecule has 2 aliphatic rings. The van der Waals surface area contributed by atoms with E-state index in [0.29, 0.717) is 10.8 Å². The highest BCUT2D eigenvalue weighted by atomic mass is 14.5. The molecule has 0 aromatic carbocycles. The predicted molar refractivity (Wildman–Crippen MR) is 59.4 cm³/mol. The van der Waals surface area contributed by atoms with Gasteiger partial charge in [0.2, 0.25) is 0 Å². The molecule has 1 saturated carbocycles. The summed E-state index contributed by atoms with van der Waals surface area (Å²) < 4.78 is 0. The summed E-state index contributed by atoms with van der Waals surface area (Å²) in [5.74, 6) is 0. The molecule has 1 fully saturated rings. The van der Waals surface area contributed by atoms with Crippen LogP contribution in [0, 0.1) is 10.8 Å². The van der Waals surface area contributed by atoms with Crippen LogP contribution in [0.5, 0.6) is 0 Å². The van der Waals surface area contributed by atoms with Gasteiger partial charge in [-0.25, -0.2) is 0 Å². The summed E-state index contributed by atoms with van der Waals surface area (Å²) in [7, 11) is 0. The molecule has 0 N–H and O–H groups in total. The van der Waals surface area contributed by atoms with Gasteiger partial charge in [-0.3, -0.25) is 0 Å². The molecule has 2 aliphatic carbocycles. The molecule has 0 saturated heterocycles. The van der Waals surface area contributed by atoms with Gasteiger partial charge < -0.3 is 0 Å². The van der Waals surface area contributed by atoms with Crippen LogP contribution < -0.4 is 0 Å². The van der Waals surface area contributed by atoms with Crippen molar-refractivity contribution in [3.63, 3.8) is 0 Å². The van der Waals surface area contributed by atoms with Crippen molar-refractivity contribution in [2.75, 3.05) is 0 Å². The van der Waals surface area contributed by atoms with E-state index >= 15 is 0 Å². The third-order valence-corrected chi connectivity index (χ3v) is 2.96. The fourth-order valence-corrected chi connectivity index (χ4v) is 2.36. The highest BCUT2D eigenvalue weighted by molar-refractivity contribution is 5.19. The van der Waals surface area contributed by atoms with Crippen LogP contribution in [0.25, 0.3) is 0 Å². The number of hydrogen-bond donors (Lipinski definition) is 0. The zero-order valence-corrected chi connectivity index (χ0v) is 6.28. The van der Waals surface area contributed by atoms with Crippen molar-refractivity contribution in [2.45, 2.75) is 55.4 Å². The molecule has 0 aliphatic heterocycles. The third-order valence-electron chi connectivity index (χ3n) is 2.96. The lowest BCUT2D eigenvalue weighted by Crippen LogP contribution is -2.03. The maximum absolute atomic E-state index is 2.41. The molecule has 0 aromatic rings. The summed E-state index contributed by atoms with van der Waals surface area (Å²) in [6.45, 7) is 4.75. The number of rotatable bonds is 0. The molecule has 0 nitrogen and oxygen atoms in total. The molecular weight excluding hydrogens is 144 g/mol. The van der Waals surface area contributed by atoms with Crippen molar-refractivity contribution in [3.05, 3.63) is 12.2 Å². The molecule has 0 heterocycles. The van der Waals surface area contributed by atoms with E-state index in [-0.39, 0.29) is 22.3 Å². The smallest absolute Gasteiger partial charge is 0.0138 e. The highest BCUT2D eigenvalue weighted by Crippen LogP contribution is 2.56. The Kier molecular flexibility index (Phi) is 4.33. The summed E-state index contributed by atoms with van der Waals surface area (Å²) >= 11 is 0. The Labute approximate surface area is 79.1 Å². The van der Waals surface area contributed by atoms with E-state index in [0.717, 1.165) is 0 Å². The van der Waals surface area contributed by atoms with E-state index in [2.05, 4.69) is 26.0 Å². The quantitative estimate of drug-likeness (QED) is 0.464. The second kappa shape index (κ2) is 3.64. The molecular formula is C12H26. The van der Waals surface area contributed by atoms with Crippen molar-refractivity contribution in [1.29, 1.82) is 0 Å². The molecule has 0 spiro atoms. The number of fused-ring (bicyclic) bond motifs is 2. The van der Waals surface area contributed by atoms with Gasteiger partial charge in [0.25, 0.3) is 0 Å². The lowest BCUT2D eigenvalue weighted by atomic mass is 9.91. The van der Waals surface area contributed by atoms with Gasteiger partial charge in [0.05, 0.1) is 0 Å². The molecule has 2 atom stereocenters. The lowest BCUT2D eigenvalue weighted by molar-refractivity contribution is 0.413. The molecule has 2 bridgehead atoms. The molecule has 74 valence electrons. The SMILES string of the molecule is C.C.C.CC12C=CC(C)(CC1)C2. The van der Waals surface area contributed by atoms with Gasteiger partial charge in [-0.15, -0.1) is 0 Å². The molecule has 0 aromatic heterocycles. The Hall–Kier alpha value is -0.260. The van der Waals surface area contributed by atoms with Gasteiger partial charge in [0.15, 0.2) is 0 Å². The summed E-state index contributed by atoms with van der Waals surface area (Å²) in [5.41, 5.74) is 1.18. The van der Waals surface area contributed by atoms with Crippen LogP contribution in [-0.2, 0) is 0 Å². The second-order valence-electron chi connectivity index (χ2n) is 4.32. The van der Waals surface area contributed by atoms with Crippen LogP contribution in [0.3, 0.4) is 0 Å². The fourth-order valence-electron chi connectivity index (χ4n) is 2.36. The first-order valence-electron chi connectivity index (χ1n) is 3.82. The summed E-state index contributed by atoms with van der Waals surface area (Å²) in [5, 5.41) is 0. The zero-order valence-electron chi connectivity index (χ0n) is 6.28. The van der Waals surface area contributed by atoms with Crippen LogP contribution in [0.1, 0.15) is 55.4 Å². The second-order valence-corrected chi connectivity index (χ2v) is 4.32. The molecule has 0 radical (unpaired) electrons. The Morgan fingerprint density at radius 2 is 1.17 bits per heavy atom. The number of hydrogen-bond acceptors (Lipinski definition) is 0. The minimum Gasteiger partial charge on any atom is -0.0820 e. The summed E-state index contributed by atoms with van der Waals surface area (Å²) in [6, 6.07) is 0. The Morgan fingerprint density at radius 1 is 0.833 bits per heavy atom. The average Bonchev–Trinajstić information content (AvgIpc) is 2.19. The molecule has 12 heavy (non-hydrogen) atoms. The normalized spacial score (nSPS) is 41.2. The van der Waals surface area contributed by atoms with Gasteiger partial charge >= 0.3 is 0 Å². The first-order valence-corrected chi connectivity index (χ1v) is 3.82. The molecule has 2 unspecified atom stereocenters. The van der Waals surface area contributed by atoms with Gasteiger partial charge in [-0.05, 0) is 30.1 Å². The Bertz CT molecular complexity index is 151. The van der Waals surface area contributed by atoms with E-state index in [1.807, 2.05) is 0 Å². The van der Waals surface area contributed by atoms with Crippen molar-refractivity contribution < 1.29 is 0 Å². The van der Waals surface area contributed by atoms with E-state index in [1.165, 1.54) is 19.3 Å². The minimum absolute atomic E-state index is 0. The van der Waals surface area contributed by atoms with E-state index in [4.69, 9.17) is 0 Å². The van der Waals surface area contributed by atoms with Crippen molar-refractivity contribution in [1.82, 2.24) is 0 Å². The van der Waals surface area contributed by atoms with Crippen LogP contribution in [0.4, 0.5) is 0 Å². The van der Waals surface area contributed by atoms with Gasteiger partial charge in [-0.1, -0.05) is 48.3 Å². The van der Waals surface area contributed by atoms with Crippen LogP contribution in [-0.4, -0.2) is 0 Å². The van der Waals surface area contributed by atoms with E-state index in [1.54, 1.807) is 0 Å². The third kappa shape index (κ3) is 1.91. The maximum Gasteiger partial charge on any atom is -0.0138 e. The van der Waals surface area contributed by atoms with Gasteiger partial charge in [0, 0.05) is 0 Å². The van der Waals surface area contributed by atoms with Gasteiger partial charge in [-0.2, -0.15) is 0 Å². The van der Waals surface area contributed by atoms with Crippen molar-refractivity contribution in [3.8, 4) is 0 Å². The first kappa shape index (κ1) is 14.3. The lowest BCUT2D eigenvalue weighted by Gasteiger charge is -2.14. The minimum atomic E-state index is 0. The Balaban J connectivity index is 0. The van der Waals surface area contributed by atoms with Crippen molar-refractivity contribution in [2.24, 2.45) is 10.8 Å². The van der Waals surface area contributed by atoms with E-state index in [9.17, 15) is 0 Å². The van der Waals surface area contributed by atoms with Crippen LogP contribution >= 0.6 is 0 Å². The zero-order chi connectivity index (χ0) is 6.54.